The van der Waals surface area contributed by atoms with Crippen LogP contribution in [0.1, 0.15) is 30.9 Å². The van der Waals surface area contributed by atoms with E-state index in [1.807, 2.05) is 31.2 Å². The van der Waals surface area contributed by atoms with E-state index in [9.17, 15) is 14.4 Å². The minimum atomic E-state index is -0.188. The first-order valence-corrected chi connectivity index (χ1v) is 12.2. The van der Waals surface area contributed by atoms with Crippen molar-refractivity contribution in [3.63, 3.8) is 0 Å². The summed E-state index contributed by atoms with van der Waals surface area (Å²) in [4.78, 5) is 41.6. The van der Waals surface area contributed by atoms with Crippen LogP contribution < -0.4 is 16.0 Å². The van der Waals surface area contributed by atoms with Crippen LogP contribution in [0.15, 0.2) is 61.2 Å². The van der Waals surface area contributed by atoms with Crippen LogP contribution in [0.25, 0.3) is 0 Å². The van der Waals surface area contributed by atoms with E-state index in [0.717, 1.165) is 23.1 Å². The van der Waals surface area contributed by atoms with E-state index in [0.29, 0.717) is 45.7 Å². The summed E-state index contributed by atoms with van der Waals surface area (Å²) < 4.78 is 0. The van der Waals surface area contributed by atoms with E-state index < -0.39 is 0 Å². The maximum atomic E-state index is 12.5. The quantitative estimate of drug-likeness (QED) is 0.341. The van der Waals surface area contributed by atoms with E-state index in [2.05, 4.69) is 29.1 Å². The van der Waals surface area contributed by atoms with Gasteiger partial charge in [0.1, 0.15) is 0 Å². The van der Waals surface area contributed by atoms with E-state index in [-0.39, 0.29) is 18.1 Å². The number of amides is 6. The first-order chi connectivity index (χ1) is 17.2. The van der Waals surface area contributed by atoms with Gasteiger partial charge in [0, 0.05) is 60.4 Å². The molecule has 0 bridgehead atoms. The number of hydrogen-bond acceptors (Lipinski definition) is 3. The normalized spacial score (nSPS) is 10.7. The topological polar surface area (TPSA) is 97.0 Å². The van der Waals surface area contributed by atoms with Crippen molar-refractivity contribution in [2.24, 2.45) is 0 Å². The van der Waals surface area contributed by atoms with E-state index >= 15 is 0 Å². The van der Waals surface area contributed by atoms with Crippen LogP contribution >= 0.6 is 0 Å². The highest BCUT2D eigenvalue weighted by atomic mass is 16.2. The van der Waals surface area contributed by atoms with Gasteiger partial charge in [0.05, 0.1) is 0 Å². The Bertz CT molecular complexity index is 915. The molecule has 0 aliphatic rings. The van der Waals surface area contributed by atoms with Crippen molar-refractivity contribution in [2.75, 3.05) is 47.3 Å². The largest absolute Gasteiger partial charge is 0.334 e. The number of hydrogen-bond donors (Lipinski definition) is 3. The van der Waals surface area contributed by atoms with Gasteiger partial charge in [-0.15, -0.1) is 0 Å². The number of nitrogens with zero attached hydrogens (tertiary/aromatic N) is 3. The van der Waals surface area contributed by atoms with Crippen LogP contribution in [0.5, 0.6) is 0 Å². The summed E-state index contributed by atoms with van der Waals surface area (Å²) in [5, 5.41) is 8.65. The van der Waals surface area contributed by atoms with Crippen molar-refractivity contribution in [1.82, 2.24) is 30.7 Å². The highest BCUT2D eigenvalue weighted by Crippen LogP contribution is 2.06. The van der Waals surface area contributed by atoms with Gasteiger partial charge < -0.3 is 30.7 Å². The van der Waals surface area contributed by atoms with E-state index in [1.54, 1.807) is 54.1 Å². The van der Waals surface area contributed by atoms with Gasteiger partial charge >= 0.3 is 18.1 Å². The lowest BCUT2D eigenvalue weighted by Crippen LogP contribution is -2.41. The SMILES string of the molecule is C=C/C=C(\C=C)CNC(=O)N(C)CCCN(C)C(=O)NCc1cccc(CNC(=O)N(C)CCC)c1. The van der Waals surface area contributed by atoms with Crippen molar-refractivity contribution in [3.8, 4) is 0 Å². The predicted molar refractivity (Wildman–Crippen MR) is 146 cm³/mol. The molecule has 0 saturated carbocycles. The molecule has 0 spiro atoms. The fraction of sp³-hybridized carbons (Fsp3) is 0.444. The zero-order valence-electron chi connectivity index (χ0n) is 22.2. The summed E-state index contributed by atoms with van der Waals surface area (Å²) in [6, 6.07) is 7.28. The summed E-state index contributed by atoms with van der Waals surface area (Å²) in [7, 11) is 5.22. The monoisotopic (exact) mass is 498 g/mol. The van der Waals surface area contributed by atoms with E-state index in [4.69, 9.17) is 0 Å². The summed E-state index contributed by atoms with van der Waals surface area (Å²) in [6.07, 6.45) is 6.68. The maximum Gasteiger partial charge on any atom is 0.317 e. The predicted octanol–water partition coefficient (Wildman–Crippen LogP) is 3.71. The molecule has 1 aromatic rings. The lowest BCUT2D eigenvalue weighted by Gasteiger charge is -2.21. The molecular formula is C27H42N6O3. The molecule has 3 N–H and O–H groups in total. The number of carbonyl (C=O) groups excluding carboxylic acids is 3. The fourth-order valence-corrected chi connectivity index (χ4v) is 3.32. The van der Waals surface area contributed by atoms with Gasteiger partial charge in [0.25, 0.3) is 0 Å². The first-order valence-electron chi connectivity index (χ1n) is 12.2. The molecule has 0 fully saturated rings. The summed E-state index contributed by atoms with van der Waals surface area (Å²) in [6.45, 7) is 12.3. The number of rotatable bonds is 14. The number of benzene rings is 1. The number of allylic oxidation sites excluding steroid dienone is 2. The highest BCUT2D eigenvalue weighted by Gasteiger charge is 2.12. The Morgan fingerprint density at radius 3 is 1.81 bits per heavy atom. The van der Waals surface area contributed by atoms with Crippen LogP contribution in [-0.2, 0) is 13.1 Å². The smallest absolute Gasteiger partial charge is 0.317 e. The van der Waals surface area contributed by atoms with Gasteiger partial charge in [-0.25, -0.2) is 14.4 Å². The van der Waals surface area contributed by atoms with Gasteiger partial charge in [-0.05, 0) is 29.5 Å². The third-order valence-corrected chi connectivity index (χ3v) is 5.50. The molecule has 36 heavy (non-hydrogen) atoms. The first kappa shape index (κ1) is 30.3. The number of nitrogens with one attached hydrogen (secondary N) is 3. The Labute approximate surface area is 215 Å². The molecule has 0 aromatic heterocycles. The molecular weight excluding hydrogens is 456 g/mol. The lowest BCUT2D eigenvalue weighted by atomic mass is 10.1. The molecule has 0 saturated heterocycles. The second-order valence-corrected chi connectivity index (χ2v) is 8.60. The summed E-state index contributed by atoms with van der Waals surface area (Å²) in [5.41, 5.74) is 2.79. The van der Waals surface area contributed by atoms with Crippen LogP contribution in [0.4, 0.5) is 14.4 Å². The van der Waals surface area contributed by atoms with Crippen molar-refractivity contribution in [1.29, 1.82) is 0 Å². The maximum absolute atomic E-state index is 12.5. The third-order valence-electron chi connectivity index (χ3n) is 5.50. The Kier molecular flexibility index (Phi) is 14.1. The third kappa shape index (κ3) is 11.6. The molecule has 0 atom stereocenters. The van der Waals surface area contributed by atoms with Gasteiger partial charge in [0.15, 0.2) is 0 Å². The Balaban J connectivity index is 2.39. The van der Waals surface area contributed by atoms with Gasteiger partial charge in [0.2, 0.25) is 0 Å². The Morgan fingerprint density at radius 1 is 0.833 bits per heavy atom. The zero-order valence-corrected chi connectivity index (χ0v) is 22.2. The van der Waals surface area contributed by atoms with Crippen molar-refractivity contribution >= 4 is 18.1 Å². The average Bonchev–Trinajstić information content (AvgIpc) is 2.88. The highest BCUT2D eigenvalue weighted by molar-refractivity contribution is 5.75. The second kappa shape index (κ2) is 16.8. The summed E-state index contributed by atoms with van der Waals surface area (Å²) in [5.74, 6) is 0. The fourth-order valence-electron chi connectivity index (χ4n) is 3.32. The molecule has 0 radical (unpaired) electrons. The second-order valence-electron chi connectivity index (χ2n) is 8.60. The molecule has 0 heterocycles. The summed E-state index contributed by atoms with van der Waals surface area (Å²) >= 11 is 0. The Hall–Kier alpha value is -3.75. The van der Waals surface area contributed by atoms with Crippen molar-refractivity contribution < 1.29 is 14.4 Å². The molecule has 0 aliphatic carbocycles. The minimum absolute atomic E-state index is 0.105. The average molecular weight is 499 g/mol. The Morgan fingerprint density at radius 2 is 1.33 bits per heavy atom. The lowest BCUT2D eigenvalue weighted by molar-refractivity contribution is 0.199. The van der Waals surface area contributed by atoms with Crippen LogP contribution in [-0.4, -0.2) is 80.1 Å². The van der Waals surface area contributed by atoms with Crippen LogP contribution in [0.3, 0.4) is 0 Å². The molecule has 1 rings (SSSR count). The van der Waals surface area contributed by atoms with Crippen LogP contribution in [0, 0.1) is 0 Å². The molecule has 0 aliphatic heterocycles. The van der Waals surface area contributed by atoms with Gasteiger partial charge in [-0.2, -0.15) is 0 Å². The molecule has 198 valence electrons. The van der Waals surface area contributed by atoms with Gasteiger partial charge in [-0.3, -0.25) is 0 Å². The standard InChI is InChI=1S/C27H42N6O3/c1-7-12-22(9-3)19-28-26(35)32(5)16-11-17-33(6)27(36)30-21-24-14-10-13-23(18-24)20-29-25(34)31(4)15-8-2/h7,9-10,12-14,18H,1,3,8,11,15-17,19-21H2,2,4-6H3,(H,28,35)(H,29,34)(H,30,36)/b22-12+. The molecule has 6 amide bonds. The number of carbonyl (C=O) groups is 3. The number of urea groups is 3. The molecule has 9 heteroatoms. The van der Waals surface area contributed by atoms with Crippen molar-refractivity contribution in [2.45, 2.75) is 32.9 Å². The van der Waals surface area contributed by atoms with E-state index in [1.165, 1.54) is 0 Å². The molecule has 0 unspecified atom stereocenters. The molecule has 1 aromatic carbocycles. The minimum Gasteiger partial charge on any atom is -0.334 e. The van der Waals surface area contributed by atoms with Crippen molar-refractivity contribution in [3.05, 3.63) is 72.4 Å². The molecule has 9 nitrogen and oxygen atoms in total. The van der Waals surface area contributed by atoms with Gasteiger partial charge in [-0.1, -0.05) is 62.6 Å². The zero-order chi connectivity index (χ0) is 26.9. The van der Waals surface area contributed by atoms with Crippen LogP contribution in [0.2, 0.25) is 0 Å².